The fourth-order valence-electron chi connectivity index (χ4n) is 2.47. The molecule has 0 atom stereocenters. The lowest BCUT2D eigenvalue weighted by Crippen LogP contribution is -2.04. The van der Waals surface area contributed by atoms with Gasteiger partial charge in [-0.3, -0.25) is 14.8 Å². The Hall–Kier alpha value is -2.96. The van der Waals surface area contributed by atoms with Crippen LogP contribution in [-0.2, 0) is 6.54 Å². The Morgan fingerprint density at radius 1 is 1.22 bits per heavy atom. The highest BCUT2D eigenvalue weighted by atomic mass is 16.6. The Balaban J connectivity index is 1.86. The van der Waals surface area contributed by atoms with Crippen LogP contribution in [0.4, 0.5) is 5.69 Å². The fraction of sp³-hybridized carbons (Fsp3) is 0.250. The van der Waals surface area contributed by atoms with E-state index in [9.17, 15) is 10.1 Å². The lowest BCUT2D eigenvalue weighted by Gasteiger charge is -1.99. The van der Waals surface area contributed by atoms with Gasteiger partial charge in [0.15, 0.2) is 0 Å². The molecule has 0 amide bonds. The van der Waals surface area contributed by atoms with E-state index in [-0.39, 0.29) is 5.69 Å². The van der Waals surface area contributed by atoms with Gasteiger partial charge >= 0.3 is 5.69 Å². The predicted octanol–water partition coefficient (Wildman–Crippen LogP) is 3.42. The molecule has 7 heteroatoms. The van der Waals surface area contributed by atoms with Gasteiger partial charge in [-0.05, 0) is 32.9 Å². The molecule has 0 aliphatic carbocycles. The molecule has 0 bridgehead atoms. The summed E-state index contributed by atoms with van der Waals surface area (Å²) in [4.78, 5) is 15.1. The van der Waals surface area contributed by atoms with E-state index in [1.807, 2.05) is 31.2 Å². The van der Waals surface area contributed by atoms with Gasteiger partial charge in [0.25, 0.3) is 0 Å². The van der Waals surface area contributed by atoms with E-state index in [1.54, 1.807) is 24.8 Å². The third-order valence-corrected chi connectivity index (χ3v) is 3.69. The van der Waals surface area contributed by atoms with Crippen LogP contribution in [0.3, 0.4) is 0 Å². The summed E-state index contributed by atoms with van der Waals surface area (Å²) in [6, 6.07) is 7.87. The van der Waals surface area contributed by atoms with Crippen LogP contribution in [0.15, 0.2) is 34.9 Å². The molecule has 0 unspecified atom stereocenters. The zero-order valence-corrected chi connectivity index (χ0v) is 13.1. The van der Waals surface area contributed by atoms with E-state index < -0.39 is 4.92 Å². The van der Waals surface area contributed by atoms with E-state index in [0.717, 1.165) is 11.1 Å². The first kappa shape index (κ1) is 15.0. The largest absolute Gasteiger partial charge is 0.444 e. The first-order valence-corrected chi connectivity index (χ1v) is 7.15. The second-order valence-corrected chi connectivity index (χ2v) is 5.44. The lowest BCUT2D eigenvalue weighted by atomic mass is 10.1. The Morgan fingerprint density at radius 3 is 2.52 bits per heavy atom. The monoisotopic (exact) mass is 312 g/mol. The summed E-state index contributed by atoms with van der Waals surface area (Å²) in [6.45, 7) is 5.65. The van der Waals surface area contributed by atoms with E-state index in [1.165, 1.54) is 0 Å². The highest BCUT2D eigenvalue weighted by Gasteiger charge is 2.22. The van der Waals surface area contributed by atoms with Crippen molar-refractivity contribution in [2.45, 2.75) is 27.3 Å². The first-order chi connectivity index (χ1) is 11.0. The molecule has 0 radical (unpaired) electrons. The Labute approximate surface area is 132 Å². The molecule has 23 heavy (non-hydrogen) atoms. The first-order valence-electron chi connectivity index (χ1n) is 7.15. The number of nitro groups is 1. The maximum atomic E-state index is 11.0. The molecule has 0 spiro atoms. The van der Waals surface area contributed by atoms with Crippen molar-refractivity contribution in [3.05, 3.63) is 63.3 Å². The summed E-state index contributed by atoms with van der Waals surface area (Å²) in [6.07, 6.45) is 1.55. The minimum absolute atomic E-state index is 0.0484. The SMILES string of the molecule is Cc1ccc(-c2nc(Cn3nc(C)c([N+](=O)[O-])c3C)co2)cc1. The minimum Gasteiger partial charge on any atom is -0.444 e. The van der Waals surface area contributed by atoms with E-state index in [4.69, 9.17) is 4.42 Å². The summed E-state index contributed by atoms with van der Waals surface area (Å²) < 4.78 is 7.07. The zero-order valence-electron chi connectivity index (χ0n) is 13.1. The molecule has 3 rings (SSSR count). The van der Waals surface area contributed by atoms with E-state index in [2.05, 4.69) is 10.1 Å². The molecule has 0 aliphatic rings. The van der Waals surface area contributed by atoms with Gasteiger partial charge in [0.1, 0.15) is 23.3 Å². The summed E-state index contributed by atoms with van der Waals surface area (Å²) in [5.41, 5.74) is 3.67. The van der Waals surface area contributed by atoms with Crippen molar-refractivity contribution in [3.63, 3.8) is 0 Å². The van der Waals surface area contributed by atoms with Crippen LogP contribution in [0.25, 0.3) is 11.5 Å². The molecule has 2 aromatic heterocycles. The molecule has 1 aromatic carbocycles. The number of hydrogen-bond acceptors (Lipinski definition) is 5. The quantitative estimate of drug-likeness (QED) is 0.544. The fourth-order valence-corrected chi connectivity index (χ4v) is 2.47. The van der Waals surface area contributed by atoms with Gasteiger partial charge in [-0.25, -0.2) is 4.98 Å². The predicted molar refractivity (Wildman–Crippen MR) is 84.1 cm³/mol. The van der Waals surface area contributed by atoms with Crippen molar-refractivity contribution < 1.29 is 9.34 Å². The molecule has 2 heterocycles. The van der Waals surface area contributed by atoms with Gasteiger partial charge in [-0.1, -0.05) is 17.7 Å². The van der Waals surface area contributed by atoms with Crippen LogP contribution in [0.2, 0.25) is 0 Å². The van der Waals surface area contributed by atoms with Gasteiger partial charge in [-0.15, -0.1) is 0 Å². The molecule has 118 valence electrons. The van der Waals surface area contributed by atoms with E-state index >= 15 is 0 Å². The highest BCUT2D eigenvalue weighted by Crippen LogP contribution is 2.23. The number of hydrogen-bond donors (Lipinski definition) is 0. The van der Waals surface area contributed by atoms with Crippen molar-refractivity contribution in [3.8, 4) is 11.5 Å². The van der Waals surface area contributed by atoms with Gasteiger partial charge < -0.3 is 4.42 Å². The summed E-state index contributed by atoms with van der Waals surface area (Å²) >= 11 is 0. The topological polar surface area (TPSA) is 87.0 Å². The molecule has 7 nitrogen and oxygen atoms in total. The Morgan fingerprint density at radius 2 is 1.91 bits per heavy atom. The number of benzene rings is 1. The molecule has 0 aliphatic heterocycles. The smallest absolute Gasteiger partial charge is 0.312 e. The van der Waals surface area contributed by atoms with Crippen LogP contribution < -0.4 is 0 Å². The average molecular weight is 312 g/mol. The van der Waals surface area contributed by atoms with Crippen LogP contribution in [0, 0.1) is 30.9 Å². The number of nitrogens with zero attached hydrogens (tertiary/aromatic N) is 4. The molecular weight excluding hydrogens is 296 g/mol. The molecule has 0 saturated heterocycles. The second kappa shape index (κ2) is 5.68. The summed E-state index contributed by atoms with van der Waals surface area (Å²) in [7, 11) is 0. The van der Waals surface area contributed by atoms with Crippen molar-refractivity contribution in [2.24, 2.45) is 0 Å². The zero-order chi connectivity index (χ0) is 16.6. The molecule has 0 fully saturated rings. The molecular formula is C16H16N4O3. The van der Waals surface area contributed by atoms with Gasteiger partial charge in [0.05, 0.1) is 11.5 Å². The van der Waals surface area contributed by atoms with Gasteiger partial charge in [0.2, 0.25) is 5.89 Å². The number of aryl methyl sites for hydroxylation is 2. The summed E-state index contributed by atoms with van der Waals surface area (Å²) in [5.74, 6) is 0.524. The van der Waals surface area contributed by atoms with E-state index in [0.29, 0.717) is 29.5 Å². The minimum atomic E-state index is -0.408. The Bertz CT molecular complexity index is 862. The van der Waals surface area contributed by atoms with Gasteiger partial charge in [-0.2, -0.15) is 5.10 Å². The van der Waals surface area contributed by atoms with Crippen molar-refractivity contribution in [2.75, 3.05) is 0 Å². The lowest BCUT2D eigenvalue weighted by molar-refractivity contribution is -0.386. The summed E-state index contributed by atoms with van der Waals surface area (Å²) in [5, 5.41) is 15.3. The van der Waals surface area contributed by atoms with Crippen molar-refractivity contribution in [1.29, 1.82) is 0 Å². The van der Waals surface area contributed by atoms with Crippen LogP contribution in [0.1, 0.15) is 22.6 Å². The van der Waals surface area contributed by atoms with Crippen LogP contribution >= 0.6 is 0 Å². The van der Waals surface area contributed by atoms with Gasteiger partial charge in [0, 0.05) is 5.56 Å². The van der Waals surface area contributed by atoms with Crippen LogP contribution in [0.5, 0.6) is 0 Å². The molecule has 0 N–H and O–H groups in total. The van der Waals surface area contributed by atoms with Crippen LogP contribution in [-0.4, -0.2) is 19.7 Å². The third kappa shape index (κ3) is 2.85. The maximum absolute atomic E-state index is 11.0. The standard InChI is InChI=1S/C16H16N4O3/c1-10-4-6-13(7-5-10)16-17-14(9-23-16)8-19-12(3)15(20(21)22)11(2)18-19/h4-7,9H,8H2,1-3H3. The normalized spacial score (nSPS) is 10.9. The highest BCUT2D eigenvalue weighted by molar-refractivity contribution is 5.53. The maximum Gasteiger partial charge on any atom is 0.312 e. The van der Waals surface area contributed by atoms with Crippen molar-refractivity contribution >= 4 is 5.69 Å². The number of rotatable bonds is 4. The molecule has 0 saturated carbocycles. The average Bonchev–Trinajstić information content (AvgIpc) is 3.05. The number of aromatic nitrogens is 3. The van der Waals surface area contributed by atoms with Crippen molar-refractivity contribution in [1.82, 2.24) is 14.8 Å². The Kier molecular flexibility index (Phi) is 3.69. The third-order valence-electron chi connectivity index (χ3n) is 3.69. The molecule has 3 aromatic rings. The second-order valence-electron chi connectivity index (χ2n) is 5.44. The number of oxazole rings is 1.